The van der Waals surface area contributed by atoms with Gasteiger partial charge in [0.2, 0.25) is 5.88 Å². The summed E-state index contributed by atoms with van der Waals surface area (Å²) in [5, 5.41) is 7.23. The van der Waals surface area contributed by atoms with Crippen LogP contribution in [0, 0.1) is 6.92 Å². The Morgan fingerprint density at radius 1 is 1.19 bits per heavy atom. The highest BCUT2D eigenvalue weighted by molar-refractivity contribution is 6.76. The van der Waals surface area contributed by atoms with Gasteiger partial charge >= 0.3 is 6.09 Å². The lowest BCUT2D eigenvalue weighted by molar-refractivity contribution is 0.0123. The fourth-order valence-corrected chi connectivity index (χ4v) is 4.77. The van der Waals surface area contributed by atoms with Crippen LogP contribution in [-0.2, 0) is 16.2 Å². The van der Waals surface area contributed by atoms with E-state index in [1.54, 1.807) is 11.1 Å². The van der Waals surface area contributed by atoms with Crippen molar-refractivity contribution in [3.8, 4) is 17.3 Å². The standard InChI is InChI=1S/C25H39N7O4Si/c1-17-27-22(30-29-17)19-15-32(16-34-12-13-37(5,6)7)23-21(19)28-20(14-26-23)35-18-8-10-31(11-9-18)24(33)36-25(2,3)4/h14-15,18H,8-13,16H2,1-7H3,(H,27,29,30). The van der Waals surface area contributed by atoms with E-state index in [0.717, 1.165) is 17.4 Å². The molecule has 11 nitrogen and oxygen atoms in total. The Morgan fingerprint density at radius 2 is 1.92 bits per heavy atom. The summed E-state index contributed by atoms with van der Waals surface area (Å²) in [5.41, 5.74) is 1.62. The van der Waals surface area contributed by atoms with Crippen LogP contribution >= 0.6 is 0 Å². The molecule has 1 fully saturated rings. The summed E-state index contributed by atoms with van der Waals surface area (Å²) < 4.78 is 19.6. The molecular formula is C25H39N7O4Si. The molecule has 0 atom stereocenters. The maximum Gasteiger partial charge on any atom is 0.410 e. The number of hydrogen-bond acceptors (Lipinski definition) is 8. The van der Waals surface area contributed by atoms with E-state index in [9.17, 15) is 4.79 Å². The molecule has 4 heterocycles. The topological polar surface area (TPSA) is 120 Å². The van der Waals surface area contributed by atoms with E-state index in [2.05, 4.69) is 39.8 Å². The van der Waals surface area contributed by atoms with Crippen LogP contribution in [-0.4, -0.2) is 80.2 Å². The van der Waals surface area contributed by atoms with Crippen molar-refractivity contribution < 1.29 is 19.0 Å². The monoisotopic (exact) mass is 529 g/mol. The average Bonchev–Trinajstić information content (AvgIpc) is 3.38. The molecule has 1 aliphatic heterocycles. The van der Waals surface area contributed by atoms with Gasteiger partial charge in [0.15, 0.2) is 11.5 Å². The average molecular weight is 530 g/mol. The number of H-pyrrole nitrogens is 1. The van der Waals surface area contributed by atoms with Crippen molar-refractivity contribution in [1.29, 1.82) is 0 Å². The van der Waals surface area contributed by atoms with E-state index >= 15 is 0 Å². The fraction of sp³-hybridized carbons (Fsp3) is 0.640. The molecule has 4 rings (SSSR count). The van der Waals surface area contributed by atoms with Crippen LogP contribution in [0.25, 0.3) is 22.6 Å². The number of aromatic amines is 1. The Hall–Kier alpha value is -2.99. The maximum absolute atomic E-state index is 12.4. The quantitative estimate of drug-likeness (QED) is 0.332. The second-order valence-corrected chi connectivity index (χ2v) is 17.4. The zero-order chi connectivity index (χ0) is 26.8. The van der Waals surface area contributed by atoms with Crippen molar-refractivity contribution >= 4 is 25.3 Å². The highest BCUT2D eigenvalue weighted by atomic mass is 28.3. The first kappa shape index (κ1) is 27.1. The number of rotatable bonds is 8. The molecule has 37 heavy (non-hydrogen) atoms. The number of likely N-dealkylation sites (tertiary alicyclic amines) is 1. The second kappa shape index (κ2) is 10.8. The Labute approximate surface area is 218 Å². The van der Waals surface area contributed by atoms with Gasteiger partial charge in [-0.05, 0) is 33.7 Å². The number of amides is 1. The van der Waals surface area contributed by atoms with Crippen molar-refractivity contribution in [3.63, 3.8) is 0 Å². The number of nitrogens with one attached hydrogen (secondary N) is 1. The Bertz CT molecular complexity index is 1220. The van der Waals surface area contributed by atoms with Crippen LogP contribution in [0.2, 0.25) is 25.7 Å². The largest absolute Gasteiger partial charge is 0.473 e. The van der Waals surface area contributed by atoms with Gasteiger partial charge in [-0.2, -0.15) is 5.10 Å². The van der Waals surface area contributed by atoms with Gasteiger partial charge in [-0.1, -0.05) is 19.6 Å². The summed E-state index contributed by atoms with van der Waals surface area (Å²) in [6, 6.07) is 1.09. The van der Waals surface area contributed by atoms with Crippen LogP contribution in [0.5, 0.6) is 5.88 Å². The van der Waals surface area contributed by atoms with E-state index in [0.29, 0.717) is 62.1 Å². The van der Waals surface area contributed by atoms with Gasteiger partial charge < -0.3 is 23.7 Å². The number of hydrogen-bond donors (Lipinski definition) is 1. The second-order valence-electron chi connectivity index (χ2n) is 11.8. The third-order valence-corrected chi connectivity index (χ3v) is 7.69. The van der Waals surface area contributed by atoms with Gasteiger partial charge in [-0.3, -0.25) is 5.10 Å². The van der Waals surface area contributed by atoms with E-state index in [-0.39, 0.29) is 12.2 Å². The minimum atomic E-state index is -1.18. The predicted octanol–water partition coefficient (Wildman–Crippen LogP) is 4.62. The van der Waals surface area contributed by atoms with Crippen molar-refractivity contribution in [2.75, 3.05) is 19.7 Å². The summed E-state index contributed by atoms with van der Waals surface area (Å²) in [5.74, 6) is 1.72. The van der Waals surface area contributed by atoms with Gasteiger partial charge in [0.1, 0.15) is 29.8 Å². The van der Waals surface area contributed by atoms with Crippen LogP contribution < -0.4 is 4.74 Å². The van der Waals surface area contributed by atoms with Gasteiger partial charge in [0.25, 0.3) is 0 Å². The molecule has 0 saturated carbocycles. The van der Waals surface area contributed by atoms with Crippen molar-refractivity contribution in [3.05, 3.63) is 18.2 Å². The number of ether oxygens (including phenoxy) is 3. The summed E-state index contributed by atoms with van der Waals surface area (Å²) >= 11 is 0. The van der Waals surface area contributed by atoms with Crippen LogP contribution in [0.3, 0.4) is 0 Å². The van der Waals surface area contributed by atoms with Crippen molar-refractivity contribution in [1.82, 2.24) is 34.6 Å². The van der Waals surface area contributed by atoms with E-state index < -0.39 is 13.7 Å². The zero-order valence-corrected chi connectivity index (χ0v) is 24.0. The van der Waals surface area contributed by atoms with Crippen LogP contribution in [0.4, 0.5) is 4.79 Å². The summed E-state index contributed by atoms with van der Waals surface area (Å²) in [7, 11) is -1.18. The molecule has 0 spiro atoms. The SMILES string of the molecule is Cc1nc(-c2cn(COCC[Si](C)(C)C)c3ncc(OC4CCN(C(=O)OC(C)(C)C)CC4)nc23)n[nH]1. The Balaban J connectivity index is 1.47. The van der Waals surface area contributed by atoms with E-state index in [4.69, 9.17) is 19.2 Å². The predicted molar refractivity (Wildman–Crippen MR) is 143 cm³/mol. The molecule has 0 bridgehead atoms. The molecule has 3 aromatic rings. The molecule has 1 amide bonds. The van der Waals surface area contributed by atoms with Crippen LogP contribution in [0.15, 0.2) is 12.4 Å². The molecule has 1 aliphatic rings. The van der Waals surface area contributed by atoms with E-state index in [1.807, 2.05) is 38.5 Å². The summed E-state index contributed by atoms with van der Waals surface area (Å²) in [4.78, 5) is 28.0. The maximum atomic E-state index is 12.4. The molecule has 0 radical (unpaired) electrons. The lowest BCUT2D eigenvalue weighted by Crippen LogP contribution is -2.44. The van der Waals surface area contributed by atoms with Crippen molar-refractivity contribution in [2.24, 2.45) is 0 Å². The number of nitrogens with zero attached hydrogens (tertiary/aromatic N) is 6. The molecule has 202 valence electrons. The number of carbonyl (C=O) groups is 1. The van der Waals surface area contributed by atoms with Crippen LogP contribution in [0.1, 0.15) is 39.4 Å². The van der Waals surface area contributed by atoms with Crippen molar-refractivity contribution in [2.45, 2.75) is 84.7 Å². The number of fused-ring (bicyclic) bond motifs is 1. The highest BCUT2D eigenvalue weighted by Gasteiger charge is 2.28. The third-order valence-electron chi connectivity index (χ3n) is 5.99. The first-order chi connectivity index (χ1) is 17.4. The highest BCUT2D eigenvalue weighted by Crippen LogP contribution is 2.28. The number of carbonyl (C=O) groups excluding carboxylic acids is 1. The number of aromatic nitrogens is 6. The smallest absolute Gasteiger partial charge is 0.410 e. The minimum absolute atomic E-state index is 0.0633. The van der Waals surface area contributed by atoms with Gasteiger partial charge in [0.05, 0.1) is 11.8 Å². The lowest BCUT2D eigenvalue weighted by Gasteiger charge is -2.33. The third kappa shape index (κ3) is 7.28. The molecule has 3 aromatic heterocycles. The van der Waals surface area contributed by atoms with Gasteiger partial charge in [-0.25, -0.2) is 19.7 Å². The zero-order valence-electron chi connectivity index (χ0n) is 23.0. The summed E-state index contributed by atoms with van der Waals surface area (Å²) in [6.07, 6.45) is 4.62. The molecule has 1 N–H and O–H groups in total. The molecule has 0 aliphatic carbocycles. The fourth-order valence-electron chi connectivity index (χ4n) is 4.01. The molecule has 0 aromatic carbocycles. The molecule has 12 heteroatoms. The minimum Gasteiger partial charge on any atom is -0.473 e. The lowest BCUT2D eigenvalue weighted by atomic mass is 10.1. The van der Waals surface area contributed by atoms with Gasteiger partial charge in [0, 0.05) is 46.8 Å². The molecular weight excluding hydrogens is 490 g/mol. The first-order valence-electron chi connectivity index (χ1n) is 12.9. The first-order valence-corrected chi connectivity index (χ1v) is 16.6. The summed E-state index contributed by atoms with van der Waals surface area (Å²) in [6.45, 7) is 16.7. The molecule has 1 saturated heterocycles. The Morgan fingerprint density at radius 3 is 2.54 bits per heavy atom. The van der Waals surface area contributed by atoms with E-state index in [1.165, 1.54) is 0 Å². The Kier molecular flexibility index (Phi) is 7.88. The molecule has 0 unspecified atom stereocenters. The number of aryl methyl sites for hydroxylation is 1. The number of piperidine rings is 1. The normalized spacial score (nSPS) is 15.4. The van der Waals surface area contributed by atoms with Gasteiger partial charge in [-0.15, -0.1) is 0 Å².